The average Bonchev–Trinajstić information content (AvgIpc) is 2.27. The van der Waals surface area contributed by atoms with E-state index >= 15 is 0 Å². The van der Waals surface area contributed by atoms with Gasteiger partial charge in [0.05, 0.1) is 0 Å². The third-order valence-electron chi connectivity index (χ3n) is 2.47. The standard InChI is InChI=1S/C12H14F5N/c1-2-5-18-11(12(15,16)17)7-8-6-9(13)3-4-10(8)14/h3-4,6,11,18H,2,5,7H2,1H3. The second-order valence-electron chi connectivity index (χ2n) is 3.99. The van der Waals surface area contributed by atoms with Gasteiger partial charge in [0, 0.05) is 0 Å². The zero-order valence-electron chi connectivity index (χ0n) is 9.82. The summed E-state index contributed by atoms with van der Waals surface area (Å²) in [6.45, 7) is 1.89. The molecule has 1 aromatic carbocycles. The molecule has 1 atom stereocenters. The fraction of sp³-hybridized carbons (Fsp3) is 0.500. The lowest BCUT2D eigenvalue weighted by molar-refractivity contribution is -0.155. The SMILES string of the molecule is CCCNC(Cc1cc(F)ccc1F)C(F)(F)F. The van der Waals surface area contributed by atoms with Crippen LogP contribution < -0.4 is 5.32 Å². The Morgan fingerprint density at radius 2 is 1.89 bits per heavy atom. The van der Waals surface area contributed by atoms with Gasteiger partial charge in [-0.2, -0.15) is 13.2 Å². The van der Waals surface area contributed by atoms with E-state index in [1.54, 1.807) is 6.92 Å². The van der Waals surface area contributed by atoms with Crippen molar-refractivity contribution in [3.05, 3.63) is 35.4 Å². The quantitative estimate of drug-likeness (QED) is 0.806. The lowest BCUT2D eigenvalue weighted by atomic mass is 10.0. The van der Waals surface area contributed by atoms with Gasteiger partial charge in [-0.05, 0) is 43.1 Å². The molecule has 0 aliphatic heterocycles. The molecule has 0 spiro atoms. The highest BCUT2D eigenvalue weighted by Gasteiger charge is 2.39. The predicted octanol–water partition coefficient (Wildman–Crippen LogP) is 3.44. The predicted molar refractivity (Wildman–Crippen MR) is 58.2 cm³/mol. The molecule has 0 radical (unpaired) electrons. The van der Waals surface area contributed by atoms with Crippen molar-refractivity contribution in [2.75, 3.05) is 6.54 Å². The summed E-state index contributed by atoms with van der Waals surface area (Å²) in [4.78, 5) is 0. The summed E-state index contributed by atoms with van der Waals surface area (Å²) in [5.41, 5.74) is -0.277. The molecule has 0 aliphatic rings. The molecule has 102 valence electrons. The second kappa shape index (κ2) is 6.13. The Morgan fingerprint density at radius 1 is 1.22 bits per heavy atom. The number of benzene rings is 1. The van der Waals surface area contributed by atoms with E-state index in [1.807, 2.05) is 0 Å². The van der Waals surface area contributed by atoms with E-state index in [0.717, 1.165) is 18.2 Å². The number of nitrogens with one attached hydrogen (secondary N) is 1. The topological polar surface area (TPSA) is 12.0 Å². The molecule has 0 saturated carbocycles. The highest BCUT2D eigenvalue weighted by Crippen LogP contribution is 2.24. The fourth-order valence-electron chi connectivity index (χ4n) is 1.54. The molecule has 0 aromatic heterocycles. The van der Waals surface area contributed by atoms with Crippen molar-refractivity contribution < 1.29 is 22.0 Å². The molecule has 6 heteroatoms. The van der Waals surface area contributed by atoms with Gasteiger partial charge in [0.1, 0.15) is 17.7 Å². The van der Waals surface area contributed by atoms with E-state index in [2.05, 4.69) is 5.32 Å². The molecule has 1 rings (SSSR count). The molecule has 0 heterocycles. The molecule has 0 fully saturated rings. The summed E-state index contributed by atoms with van der Waals surface area (Å²) in [5.74, 6) is -1.58. The lowest BCUT2D eigenvalue weighted by Gasteiger charge is -2.21. The molecule has 0 bridgehead atoms. The van der Waals surface area contributed by atoms with Gasteiger partial charge in [0.15, 0.2) is 0 Å². The van der Waals surface area contributed by atoms with Gasteiger partial charge in [-0.1, -0.05) is 6.92 Å². The van der Waals surface area contributed by atoms with Crippen LogP contribution in [0.5, 0.6) is 0 Å². The van der Waals surface area contributed by atoms with Crippen molar-refractivity contribution in [3.63, 3.8) is 0 Å². The van der Waals surface area contributed by atoms with Gasteiger partial charge in [-0.25, -0.2) is 8.78 Å². The van der Waals surface area contributed by atoms with Crippen LogP contribution in [0.2, 0.25) is 0 Å². The first-order chi connectivity index (χ1) is 8.34. The summed E-state index contributed by atoms with van der Waals surface area (Å²) in [5, 5.41) is 2.29. The van der Waals surface area contributed by atoms with E-state index in [9.17, 15) is 22.0 Å². The van der Waals surface area contributed by atoms with Crippen molar-refractivity contribution in [3.8, 4) is 0 Å². The third-order valence-corrected chi connectivity index (χ3v) is 2.47. The highest BCUT2D eigenvalue weighted by molar-refractivity contribution is 5.20. The third kappa shape index (κ3) is 4.25. The molecule has 0 aliphatic carbocycles. The van der Waals surface area contributed by atoms with Gasteiger partial charge in [0.2, 0.25) is 0 Å². The van der Waals surface area contributed by atoms with Crippen LogP contribution in [0.15, 0.2) is 18.2 Å². The Hall–Kier alpha value is -1.17. The molecule has 1 nitrogen and oxygen atoms in total. The van der Waals surface area contributed by atoms with Crippen LogP contribution in [-0.4, -0.2) is 18.8 Å². The molecule has 1 N–H and O–H groups in total. The maximum atomic E-state index is 13.3. The van der Waals surface area contributed by atoms with E-state index in [0.29, 0.717) is 6.42 Å². The van der Waals surface area contributed by atoms with E-state index < -0.39 is 30.3 Å². The minimum atomic E-state index is -4.49. The molecular weight excluding hydrogens is 253 g/mol. The van der Waals surface area contributed by atoms with Crippen LogP contribution >= 0.6 is 0 Å². The highest BCUT2D eigenvalue weighted by atomic mass is 19.4. The molecule has 1 aromatic rings. The van der Waals surface area contributed by atoms with Crippen LogP contribution in [0, 0.1) is 11.6 Å². The van der Waals surface area contributed by atoms with E-state index in [1.165, 1.54) is 0 Å². The van der Waals surface area contributed by atoms with Gasteiger partial charge in [0.25, 0.3) is 0 Å². The normalized spacial score (nSPS) is 13.7. The van der Waals surface area contributed by atoms with Crippen molar-refractivity contribution >= 4 is 0 Å². The van der Waals surface area contributed by atoms with Crippen molar-refractivity contribution in [2.24, 2.45) is 0 Å². The number of alkyl halides is 3. The Morgan fingerprint density at radius 3 is 2.44 bits per heavy atom. The van der Waals surface area contributed by atoms with Gasteiger partial charge >= 0.3 is 6.18 Å². The average molecular weight is 267 g/mol. The van der Waals surface area contributed by atoms with Gasteiger partial charge in [-0.3, -0.25) is 0 Å². The smallest absolute Gasteiger partial charge is 0.306 e. The van der Waals surface area contributed by atoms with Crippen molar-refractivity contribution in [2.45, 2.75) is 32.0 Å². The fourth-order valence-corrected chi connectivity index (χ4v) is 1.54. The first-order valence-corrected chi connectivity index (χ1v) is 5.58. The minimum absolute atomic E-state index is 0.168. The Balaban J connectivity index is 2.85. The Kier molecular flexibility index (Phi) is 5.07. The Bertz CT molecular complexity index is 389. The summed E-state index contributed by atoms with van der Waals surface area (Å²) >= 11 is 0. The number of hydrogen-bond donors (Lipinski definition) is 1. The molecule has 1 unspecified atom stereocenters. The zero-order chi connectivity index (χ0) is 13.8. The van der Waals surface area contributed by atoms with Gasteiger partial charge < -0.3 is 5.32 Å². The molecule has 0 saturated heterocycles. The van der Waals surface area contributed by atoms with Crippen molar-refractivity contribution in [1.82, 2.24) is 5.32 Å². The largest absolute Gasteiger partial charge is 0.404 e. The maximum Gasteiger partial charge on any atom is 0.404 e. The number of halogens is 5. The van der Waals surface area contributed by atoms with Gasteiger partial charge in [-0.15, -0.1) is 0 Å². The van der Waals surface area contributed by atoms with E-state index in [4.69, 9.17) is 0 Å². The Labute approximate surface area is 102 Å². The van der Waals surface area contributed by atoms with Crippen LogP contribution in [0.4, 0.5) is 22.0 Å². The monoisotopic (exact) mass is 267 g/mol. The molecular formula is C12H14F5N. The minimum Gasteiger partial charge on any atom is -0.306 e. The number of rotatable bonds is 5. The summed E-state index contributed by atoms with van der Waals surface area (Å²) in [6, 6.07) is 0.634. The van der Waals surface area contributed by atoms with Crippen molar-refractivity contribution in [1.29, 1.82) is 0 Å². The van der Waals surface area contributed by atoms with Crippen LogP contribution in [-0.2, 0) is 6.42 Å². The van der Waals surface area contributed by atoms with Crippen LogP contribution in [0.3, 0.4) is 0 Å². The van der Waals surface area contributed by atoms with Crippen LogP contribution in [0.1, 0.15) is 18.9 Å². The molecule has 18 heavy (non-hydrogen) atoms. The summed E-state index contributed by atoms with van der Waals surface area (Å²) < 4.78 is 64.2. The first kappa shape index (κ1) is 14.9. The summed E-state index contributed by atoms with van der Waals surface area (Å²) in [7, 11) is 0. The zero-order valence-corrected chi connectivity index (χ0v) is 9.82. The number of hydrogen-bond acceptors (Lipinski definition) is 1. The van der Waals surface area contributed by atoms with E-state index in [-0.39, 0.29) is 12.1 Å². The summed E-state index contributed by atoms with van der Waals surface area (Å²) in [6.07, 6.45) is -4.58. The first-order valence-electron chi connectivity index (χ1n) is 5.58. The second-order valence-corrected chi connectivity index (χ2v) is 3.99. The maximum absolute atomic E-state index is 13.3. The lowest BCUT2D eigenvalue weighted by Crippen LogP contribution is -2.44. The van der Waals surface area contributed by atoms with Crippen LogP contribution in [0.25, 0.3) is 0 Å². The molecule has 0 amide bonds.